The minimum Gasteiger partial charge on any atom is -0.299 e. The van der Waals surface area contributed by atoms with Gasteiger partial charge in [-0.15, -0.1) is 0 Å². The lowest BCUT2D eigenvalue weighted by molar-refractivity contribution is -0.124. The standard InChI is InChI=1S/C12H16O2/c1-10(13)6-2-3-7-11-8-4-5-9-12(11)14/h11H,3-5,7-9H2,1H3. The molecule has 76 valence electrons. The van der Waals surface area contributed by atoms with E-state index in [1.807, 2.05) is 0 Å². The highest BCUT2D eigenvalue weighted by Gasteiger charge is 2.20. The molecule has 2 heteroatoms. The molecule has 0 aromatic rings. The lowest BCUT2D eigenvalue weighted by Gasteiger charge is -2.18. The Morgan fingerprint density at radius 2 is 2.29 bits per heavy atom. The fourth-order valence-corrected chi connectivity index (χ4v) is 1.79. The van der Waals surface area contributed by atoms with E-state index in [-0.39, 0.29) is 11.7 Å². The van der Waals surface area contributed by atoms with Crippen LogP contribution in [-0.4, -0.2) is 11.6 Å². The topological polar surface area (TPSA) is 34.1 Å². The van der Waals surface area contributed by atoms with Crippen LogP contribution in [-0.2, 0) is 9.59 Å². The van der Waals surface area contributed by atoms with Crippen LogP contribution in [0.15, 0.2) is 0 Å². The van der Waals surface area contributed by atoms with Crippen molar-refractivity contribution in [3.05, 3.63) is 0 Å². The normalized spacial score (nSPS) is 21.2. The summed E-state index contributed by atoms with van der Waals surface area (Å²) in [6.07, 6.45) is 5.48. The molecular weight excluding hydrogens is 176 g/mol. The first-order chi connectivity index (χ1) is 6.70. The summed E-state index contributed by atoms with van der Waals surface area (Å²) in [5, 5.41) is 0. The molecule has 1 aliphatic rings. The third-order valence-electron chi connectivity index (χ3n) is 2.56. The number of hydrogen-bond donors (Lipinski definition) is 0. The zero-order chi connectivity index (χ0) is 10.4. The predicted octanol–water partition coefficient (Wildman–Crippen LogP) is 2.12. The maximum atomic E-state index is 11.4. The van der Waals surface area contributed by atoms with E-state index < -0.39 is 0 Å². The van der Waals surface area contributed by atoms with Crippen LogP contribution in [0.4, 0.5) is 0 Å². The highest BCUT2D eigenvalue weighted by Crippen LogP contribution is 2.24. The molecule has 0 N–H and O–H groups in total. The molecule has 0 aliphatic heterocycles. The van der Waals surface area contributed by atoms with Gasteiger partial charge in [-0.05, 0) is 25.2 Å². The van der Waals surface area contributed by atoms with Gasteiger partial charge in [-0.25, -0.2) is 0 Å². The average Bonchev–Trinajstić information content (AvgIpc) is 2.15. The van der Waals surface area contributed by atoms with Gasteiger partial charge in [0, 0.05) is 25.7 Å². The van der Waals surface area contributed by atoms with Gasteiger partial charge in [0.1, 0.15) is 5.78 Å². The minimum atomic E-state index is -0.0972. The number of hydrogen-bond acceptors (Lipinski definition) is 2. The number of carbonyl (C=O) groups is 2. The lowest BCUT2D eigenvalue weighted by atomic mass is 9.85. The van der Waals surface area contributed by atoms with E-state index in [9.17, 15) is 9.59 Å². The molecule has 0 bridgehead atoms. The molecule has 2 nitrogen and oxygen atoms in total. The number of carbonyl (C=O) groups excluding carboxylic acids is 2. The van der Waals surface area contributed by atoms with E-state index in [4.69, 9.17) is 0 Å². The molecule has 0 heterocycles. The summed E-state index contributed by atoms with van der Waals surface area (Å²) >= 11 is 0. The second kappa shape index (κ2) is 5.59. The predicted molar refractivity (Wildman–Crippen MR) is 54.7 cm³/mol. The van der Waals surface area contributed by atoms with Crippen molar-refractivity contribution in [2.45, 2.75) is 45.4 Å². The SMILES string of the molecule is CC(=O)C#CCCC1CCCCC1=O. The molecule has 0 radical (unpaired) electrons. The van der Waals surface area contributed by atoms with Crippen molar-refractivity contribution in [2.75, 3.05) is 0 Å². The maximum Gasteiger partial charge on any atom is 0.202 e. The van der Waals surface area contributed by atoms with Gasteiger partial charge in [0.05, 0.1) is 0 Å². The first kappa shape index (κ1) is 11.0. The molecule has 0 spiro atoms. The number of Topliss-reactive ketones (excluding diaryl/α,β-unsaturated/α-hetero) is 2. The highest BCUT2D eigenvalue weighted by molar-refractivity contribution is 5.93. The van der Waals surface area contributed by atoms with Crippen LogP contribution in [0.25, 0.3) is 0 Å². The Morgan fingerprint density at radius 1 is 1.50 bits per heavy atom. The Morgan fingerprint density at radius 3 is 2.93 bits per heavy atom. The first-order valence-electron chi connectivity index (χ1n) is 5.22. The van der Waals surface area contributed by atoms with E-state index in [1.54, 1.807) is 0 Å². The Balaban J connectivity index is 2.27. The van der Waals surface area contributed by atoms with E-state index in [0.717, 1.165) is 32.1 Å². The van der Waals surface area contributed by atoms with Crippen molar-refractivity contribution >= 4 is 11.6 Å². The van der Waals surface area contributed by atoms with E-state index in [2.05, 4.69) is 11.8 Å². The zero-order valence-corrected chi connectivity index (χ0v) is 8.64. The Hall–Kier alpha value is -1.10. The van der Waals surface area contributed by atoms with Gasteiger partial charge in [0.15, 0.2) is 0 Å². The lowest BCUT2D eigenvalue weighted by Crippen LogP contribution is -2.18. The van der Waals surface area contributed by atoms with Crippen LogP contribution in [0.1, 0.15) is 45.4 Å². The van der Waals surface area contributed by atoms with Gasteiger partial charge in [-0.3, -0.25) is 9.59 Å². The summed E-state index contributed by atoms with van der Waals surface area (Å²) in [7, 11) is 0. The Labute approximate surface area is 85.1 Å². The van der Waals surface area contributed by atoms with Crippen molar-refractivity contribution in [3.63, 3.8) is 0 Å². The number of ketones is 2. The van der Waals surface area contributed by atoms with Crippen LogP contribution in [0.5, 0.6) is 0 Å². The van der Waals surface area contributed by atoms with Crippen molar-refractivity contribution in [3.8, 4) is 11.8 Å². The van der Waals surface area contributed by atoms with Gasteiger partial charge in [-0.2, -0.15) is 0 Å². The van der Waals surface area contributed by atoms with Gasteiger partial charge in [0.25, 0.3) is 0 Å². The van der Waals surface area contributed by atoms with E-state index >= 15 is 0 Å². The van der Waals surface area contributed by atoms with Crippen LogP contribution < -0.4 is 0 Å². The fraction of sp³-hybridized carbons (Fsp3) is 0.667. The molecule has 0 aromatic carbocycles. The molecule has 1 unspecified atom stereocenters. The van der Waals surface area contributed by atoms with Gasteiger partial charge in [0.2, 0.25) is 5.78 Å². The summed E-state index contributed by atoms with van der Waals surface area (Å²) in [6.45, 7) is 1.46. The summed E-state index contributed by atoms with van der Waals surface area (Å²) < 4.78 is 0. The summed E-state index contributed by atoms with van der Waals surface area (Å²) in [5.41, 5.74) is 0. The van der Waals surface area contributed by atoms with Crippen molar-refractivity contribution in [1.82, 2.24) is 0 Å². The van der Waals surface area contributed by atoms with Crippen LogP contribution in [0, 0.1) is 17.8 Å². The second-order valence-corrected chi connectivity index (χ2v) is 3.81. The van der Waals surface area contributed by atoms with Crippen molar-refractivity contribution in [2.24, 2.45) is 5.92 Å². The molecule has 1 rings (SSSR count). The van der Waals surface area contributed by atoms with Crippen molar-refractivity contribution in [1.29, 1.82) is 0 Å². The molecule has 14 heavy (non-hydrogen) atoms. The summed E-state index contributed by atoms with van der Waals surface area (Å²) in [4.78, 5) is 21.9. The first-order valence-corrected chi connectivity index (χ1v) is 5.22. The quantitative estimate of drug-likeness (QED) is 0.496. The molecule has 0 aromatic heterocycles. The molecular formula is C12H16O2. The molecule has 1 atom stereocenters. The molecule has 1 fully saturated rings. The summed E-state index contributed by atoms with van der Waals surface area (Å²) in [5.74, 6) is 5.81. The zero-order valence-electron chi connectivity index (χ0n) is 8.64. The van der Waals surface area contributed by atoms with Crippen LogP contribution >= 0.6 is 0 Å². The van der Waals surface area contributed by atoms with Gasteiger partial charge in [-0.1, -0.05) is 12.3 Å². The maximum absolute atomic E-state index is 11.4. The van der Waals surface area contributed by atoms with Gasteiger partial charge < -0.3 is 0 Å². The summed E-state index contributed by atoms with van der Waals surface area (Å²) in [6, 6.07) is 0. The fourth-order valence-electron chi connectivity index (χ4n) is 1.79. The van der Waals surface area contributed by atoms with E-state index in [1.165, 1.54) is 6.92 Å². The van der Waals surface area contributed by atoms with Gasteiger partial charge >= 0.3 is 0 Å². The van der Waals surface area contributed by atoms with E-state index in [0.29, 0.717) is 12.2 Å². The highest BCUT2D eigenvalue weighted by atomic mass is 16.1. The minimum absolute atomic E-state index is 0.0972. The number of rotatable bonds is 2. The largest absolute Gasteiger partial charge is 0.299 e. The molecule has 1 saturated carbocycles. The Bertz CT molecular complexity index is 280. The van der Waals surface area contributed by atoms with Crippen molar-refractivity contribution < 1.29 is 9.59 Å². The third-order valence-corrected chi connectivity index (χ3v) is 2.56. The molecule has 1 aliphatic carbocycles. The smallest absolute Gasteiger partial charge is 0.202 e. The second-order valence-electron chi connectivity index (χ2n) is 3.81. The molecule has 0 saturated heterocycles. The van der Waals surface area contributed by atoms with Crippen LogP contribution in [0.3, 0.4) is 0 Å². The van der Waals surface area contributed by atoms with Crippen LogP contribution in [0.2, 0.25) is 0 Å². The monoisotopic (exact) mass is 192 g/mol. The average molecular weight is 192 g/mol. The molecule has 0 amide bonds. The Kier molecular flexibility index (Phi) is 4.39. The third kappa shape index (κ3) is 3.74.